The van der Waals surface area contributed by atoms with E-state index in [1.54, 1.807) is 36.5 Å². The summed E-state index contributed by atoms with van der Waals surface area (Å²) in [4.78, 5) is 39.9. The van der Waals surface area contributed by atoms with Gasteiger partial charge in [0.1, 0.15) is 6.04 Å². The van der Waals surface area contributed by atoms with Crippen LogP contribution in [0.4, 0.5) is 5.69 Å². The molecule has 0 saturated heterocycles. The highest BCUT2D eigenvalue weighted by atomic mass is 16.5. The quantitative estimate of drug-likeness (QED) is 0.716. The minimum Gasteiger partial charge on any atom is -0.481 e. The van der Waals surface area contributed by atoms with Crippen molar-refractivity contribution in [1.29, 1.82) is 0 Å². The molecule has 0 bridgehead atoms. The summed E-state index contributed by atoms with van der Waals surface area (Å²) < 4.78 is 9.79. The number of carbonyl (C=O) groups excluding carboxylic acids is 3. The third-order valence-electron chi connectivity index (χ3n) is 3.68. The van der Waals surface area contributed by atoms with E-state index < -0.39 is 17.9 Å². The maximum Gasteiger partial charge on any atom is 0.328 e. The lowest BCUT2D eigenvalue weighted by molar-refractivity contribution is -0.142. The second-order valence-electron chi connectivity index (χ2n) is 5.72. The zero-order chi connectivity index (χ0) is 19.8. The molecule has 1 aromatic carbocycles. The first-order valence-electron chi connectivity index (χ1n) is 8.18. The van der Waals surface area contributed by atoms with Gasteiger partial charge in [-0.2, -0.15) is 0 Å². The monoisotopic (exact) mass is 371 g/mol. The topological polar surface area (TPSA) is 107 Å². The first-order valence-corrected chi connectivity index (χ1v) is 8.18. The van der Waals surface area contributed by atoms with Crippen LogP contribution < -0.4 is 15.4 Å². The summed E-state index contributed by atoms with van der Waals surface area (Å²) in [5.74, 6) is -0.824. The smallest absolute Gasteiger partial charge is 0.328 e. The lowest BCUT2D eigenvalue weighted by atomic mass is 10.1. The molecule has 8 nitrogen and oxygen atoms in total. The molecule has 2 amide bonds. The first-order chi connectivity index (χ1) is 12.9. The maximum atomic E-state index is 12.5. The molecule has 0 radical (unpaired) electrons. The van der Waals surface area contributed by atoms with Crippen LogP contribution in [0.2, 0.25) is 0 Å². The Morgan fingerprint density at radius 1 is 1.15 bits per heavy atom. The van der Waals surface area contributed by atoms with Crippen LogP contribution in [0.3, 0.4) is 0 Å². The van der Waals surface area contributed by atoms with E-state index in [1.165, 1.54) is 27.2 Å². The van der Waals surface area contributed by atoms with Gasteiger partial charge in [0, 0.05) is 36.9 Å². The lowest BCUT2D eigenvalue weighted by Gasteiger charge is -2.17. The SMILES string of the molecule is COC(=O)[C@H](Cc1ccc(OC)nc1)NC(=O)c1cccc(NC(C)=O)c1. The van der Waals surface area contributed by atoms with Crippen molar-refractivity contribution in [3.63, 3.8) is 0 Å². The van der Waals surface area contributed by atoms with Gasteiger partial charge in [0.15, 0.2) is 0 Å². The number of methoxy groups -OCH3 is 2. The highest BCUT2D eigenvalue weighted by Gasteiger charge is 2.23. The van der Waals surface area contributed by atoms with Gasteiger partial charge < -0.3 is 20.1 Å². The van der Waals surface area contributed by atoms with Crippen LogP contribution in [0.25, 0.3) is 0 Å². The van der Waals surface area contributed by atoms with Crippen molar-refractivity contribution in [3.8, 4) is 5.88 Å². The van der Waals surface area contributed by atoms with E-state index in [1.807, 2.05) is 0 Å². The Labute approximate surface area is 156 Å². The van der Waals surface area contributed by atoms with E-state index >= 15 is 0 Å². The molecule has 0 fully saturated rings. The molecule has 2 rings (SSSR count). The van der Waals surface area contributed by atoms with Crippen LogP contribution in [0.1, 0.15) is 22.8 Å². The van der Waals surface area contributed by atoms with Crippen molar-refractivity contribution < 1.29 is 23.9 Å². The average Bonchev–Trinajstić information content (AvgIpc) is 2.67. The zero-order valence-corrected chi connectivity index (χ0v) is 15.3. The van der Waals surface area contributed by atoms with E-state index in [0.29, 0.717) is 17.1 Å². The van der Waals surface area contributed by atoms with Gasteiger partial charge in [0.05, 0.1) is 14.2 Å². The van der Waals surface area contributed by atoms with Gasteiger partial charge in [-0.05, 0) is 23.8 Å². The molecule has 0 aliphatic rings. The number of pyridine rings is 1. The number of hydrogen-bond acceptors (Lipinski definition) is 6. The van der Waals surface area contributed by atoms with Crippen LogP contribution in [-0.2, 0) is 20.7 Å². The number of esters is 1. The van der Waals surface area contributed by atoms with Gasteiger partial charge in [-0.3, -0.25) is 9.59 Å². The third-order valence-corrected chi connectivity index (χ3v) is 3.68. The Bertz CT molecular complexity index is 820. The second-order valence-corrected chi connectivity index (χ2v) is 5.72. The van der Waals surface area contributed by atoms with Crippen LogP contribution in [0, 0.1) is 0 Å². The van der Waals surface area contributed by atoms with E-state index in [-0.39, 0.29) is 12.3 Å². The number of ether oxygens (including phenoxy) is 2. The van der Waals surface area contributed by atoms with Crippen LogP contribution in [0.5, 0.6) is 5.88 Å². The van der Waals surface area contributed by atoms with E-state index in [0.717, 1.165) is 5.56 Å². The number of benzene rings is 1. The fourth-order valence-electron chi connectivity index (χ4n) is 2.41. The molecule has 1 heterocycles. The van der Waals surface area contributed by atoms with E-state index in [4.69, 9.17) is 9.47 Å². The average molecular weight is 371 g/mol. The van der Waals surface area contributed by atoms with Gasteiger partial charge in [-0.25, -0.2) is 9.78 Å². The second kappa shape index (κ2) is 9.33. The van der Waals surface area contributed by atoms with Crippen molar-refractivity contribution in [2.45, 2.75) is 19.4 Å². The molecule has 0 spiro atoms. The van der Waals surface area contributed by atoms with E-state index in [2.05, 4.69) is 15.6 Å². The molecule has 0 unspecified atom stereocenters. The molecule has 1 atom stereocenters. The van der Waals surface area contributed by atoms with Crippen molar-refractivity contribution in [1.82, 2.24) is 10.3 Å². The molecular weight excluding hydrogens is 350 g/mol. The molecule has 0 aliphatic heterocycles. The molecule has 8 heteroatoms. The fraction of sp³-hybridized carbons (Fsp3) is 0.263. The van der Waals surface area contributed by atoms with Crippen LogP contribution >= 0.6 is 0 Å². The van der Waals surface area contributed by atoms with Crippen molar-refractivity contribution in [3.05, 3.63) is 53.7 Å². The molecular formula is C19H21N3O5. The molecule has 2 aromatic rings. The number of amides is 2. The number of hydrogen-bond donors (Lipinski definition) is 2. The fourth-order valence-corrected chi connectivity index (χ4v) is 2.41. The first kappa shape index (κ1) is 19.9. The van der Waals surface area contributed by atoms with E-state index in [9.17, 15) is 14.4 Å². The Morgan fingerprint density at radius 3 is 2.52 bits per heavy atom. The summed E-state index contributed by atoms with van der Waals surface area (Å²) in [6.45, 7) is 1.38. The Balaban J connectivity index is 2.13. The molecule has 142 valence electrons. The number of anilines is 1. The van der Waals surface area contributed by atoms with Crippen molar-refractivity contribution in [2.24, 2.45) is 0 Å². The number of nitrogens with zero attached hydrogens (tertiary/aromatic N) is 1. The highest BCUT2D eigenvalue weighted by molar-refractivity contribution is 5.98. The molecule has 0 aliphatic carbocycles. The minimum atomic E-state index is -0.887. The van der Waals surface area contributed by atoms with Crippen LogP contribution in [0.15, 0.2) is 42.6 Å². The Morgan fingerprint density at radius 2 is 1.93 bits per heavy atom. The van der Waals surface area contributed by atoms with Crippen LogP contribution in [-0.4, -0.2) is 43.0 Å². The Kier molecular flexibility index (Phi) is 6.87. The lowest BCUT2D eigenvalue weighted by Crippen LogP contribution is -2.43. The molecule has 27 heavy (non-hydrogen) atoms. The largest absolute Gasteiger partial charge is 0.481 e. The third kappa shape index (κ3) is 5.81. The van der Waals surface area contributed by atoms with Gasteiger partial charge >= 0.3 is 5.97 Å². The predicted molar refractivity (Wildman–Crippen MR) is 98.5 cm³/mol. The molecule has 2 N–H and O–H groups in total. The Hall–Kier alpha value is -3.42. The van der Waals surface area contributed by atoms with Crippen molar-refractivity contribution >= 4 is 23.5 Å². The number of carbonyl (C=O) groups is 3. The summed E-state index contributed by atoms with van der Waals surface area (Å²) in [6.07, 6.45) is 1.78. The molecule has 1 aromatic heterocycles. The summed E-state index contributed by atoms with van der Waals surface area (Å²) in [5.41, 5.74) is 1.53. The number of aromatic nitrogens is 1. The minimum absolute atomic E-state index is 0.209. The standard InChI is InChI=1S/C19H21N3O5/c1-12(23)21-15-6-4-5-14(10-15)18(24)22-16(19(25)27-3)9-13-7-8-17(26-2)20-11-13/h4-8,10-11,16H,9H2,1-3H3,(H,21,23)(H,22,24)/t16-/m0/s1. The highest BCUT2D eigenvalue weighted by Crippen LogP contribution is 2.13. The van der Waals surface area contributed by atoms with Gasteiger partial charge in [-0.15, -0.1) is 0 Å². The summed E-state index contributed by atoms with van der Waals surface area (Å²) >= 11 is 0. The zero-order valence-electron chi connectivity index (χ0n) is 15.3. The summed E-state index contributed by atoms with van der Waals surface area (Å²) in [6, 6.07) is 8.96. The molecule has 0 saturated carbocycles. The summed E-state index contributed by atoms with van der Waals surface area (Å²) in [5, 5.41) is 5.26. The van der Waals surface area contributed by atoms with Gasteiger partial charge in [0.25, 0.3) is 5.91 Å². The normalized spacial score (nSPS) is 11.2. The number of rotatable bonds is 7. The van der Waals surface area contributed by atoms with Gasteiger partial charge in [-0.1, -0.05) is 12.1 Å². The van der Waals surface area contributed by atoms with Crippen molar-refractivity contribution in [2.75, 3.05) is 19.5 Å². The predicted octanol–water partition coefficient (Wildman–Crippen LogP) is 1.56. The van der Waals surface area contributed by atoms with Gasteiger partial charge in [0.2, 0.25) is 11.8 Å². The maximum absolute atomic E-state index is 12.5. The summed E-state index contributed by atoms with van der Waals surface area (Å²) in [7, 11) is 2.76. The number of nitrogens with one attached hydrogen (secondary N) is 2.